The number of hydrogen-bond acceptors (Lipinski definition) is 5. The lowest BCUT2D eigenvalue weighted by Gasteiger charge is -2.07. The molecule has 8 nitrogen and oxygen atoms in total. The first-order valence-corrected chi connectivity index (χ1v) is 9.11. The zero-order valence-corrected chi connectivity index (χ0v) is 15.3. The van der Waals surface area contributed by atoms with Crippen LogP contribution in [0.3, 0.4) is 0 Å². The van der Waals surface area contributed by atoms with Crippen LogP contribution in [0.2, 0.25) is 0 Å². The maximum absolute atomic E-state index is 13.5. The predicted octanol–water partition coefficient (Wildman–Crippen LogP) is 1.40. The minimum atomic E-state index is -3.97. The fourth-order valence-electron chi connectivity index (χ4n) is 2.17. The van der Waals surface area contributed by atoms with Crippen molar-refractivity contribution < 1.29 is 31.5 Å². The molecule has 0 aliphatic heterocycles. The van der Waals surface area contributed by atoms with Crippen molar-refractivity contribution in [2.24, 2.45) is 7.05 Å². The van der Waals surface area contributed by atoms with Crippen LogP contribution < -0.4 is 10.0 Å². The van der Waals surface area contributed by atoms with E-state index in [1.54, 1.807) is 0 Å². The van der Waals surface area contributed by atoms with Gasteiger partial charge in [-0.05, 0) is 18.2 Å². The van der Waals surface area contributed by atoms with Crippen LogP contribution in [0.1, 0.15) is 16.9 Å². The second-order valence-electron chi connectivity index (χ2n) is 5.48. The SMILES string of the molecule is COC(=O)c1cc(S(=O)(=O)NCCC(=O)Nc2ccc(F)cc2F)cn1C. The topological polar surface area (TPSA) is 106 Å². The molecule has 27 heavy (non-hydrogen) atoms. The molecular weight excluding hydrogens is 384 g/mol. The molecular formula is C16H17F2N3O5S. The van der Waals surface area contributed by atoms with Crippen LogP contribution in [0, 0.1) is 11.6 Å². The van der Waals surface area contributed by atoms with E-state index in [4.69, 9.17) is 0 Å². The predicted molar refractivity (Wildman–Crippen MR) is 91.5 cm³/mol. The number of aryl methyl sites for hydroxylation is 1. The molecule has 146 valence electrons. The number of ether oxygens (including phenoxy) is 1. The average molecular weight is 401 g/mol. The third-order valence-electron chi connectivity index (χ3n) is 3.53. The Balaban J connectivity index is 1.95. The van der Waals surface area contributed by atoms with E-state index in [1.165, 1.54) is 24.9 Å². The maximum atomic E-state index is 13.5. The first-order chi connectivity index (χ1) is 12.6. The zero-order valence-electron chi connectivity index (χ0n) is 14.5. The number of nitrogens with zero attached hydrogens (tertiary/aromatic N) is 1. The van der Waals surface area contributed by atoms with Crippen molar-refractivity contribution >= 4 is 27.6 Å². The monoisotopic (exact) mass is 401 g/mol. The fourth-order valence-corrected chi connectivity index (χ4v) is 3.28. The molecule has 0 aliphatic rings. The molecule has 0 spiro atoms. The lowest BCUT2D eigenvalue weighted by Crippen LogP contribution is -2.27. The van der Waals surface area contributed by atoms with Gasteiger partial charge in [0.05, 0.1) is 12.8 Å². The van der Waals surface area contributed by atoms with Crippen molar-refractivity contribution in [3.8, 4) is 0 Å². The summed E-state index contributed by atoms with van der Waals surface area (Å²) in [7, 11) is -1.32. The second-order valence-corrected chi connectivity index (χ2v) is 7.25. The molecule has 2 N–H and O–H groups in total. The molecule has 11 heteroatoms. The van der Waals surface area contributed by atoms with Gasteiger partial charge in [0.25, 0.3) is 0 Å². The molecule has 1 amide bonds. The Hall–Kier alpha value is -2.79. The van der Waals surface area contributed by atoms with Gasteiger partial charge in [0.15, 0.2) is 0 Å². The van der Waals surface area contributed by atoms with Crippen molar-refractivity contribution in [1.29, 1.82) is 0 Å². The molecule has 0 saturated carbocycles. The summed E-state index contributed by atoms with van der Waals surface area (Å²) in [6, 6.07) is 3.80. The summed E-state index contributed by atoms with van der Waals surface area (Å²) in [6.07, 6.45) is 0.940. The number of hydrogen-bond donors (Lipinski definition) is 2. The van der Waals surface area contributed by atoms with Gasteiger partial charge in [-0.15, -0.1) is 0 Å². The standard InChI is InChI=1S/C16H17F2N3O5S/c1-21-9-11(8-14(21)16(23)26-2)27(24,25)19-6-5-15(22)20-13-4-3-10(17)7-12(13)18/h3-4,7-9,19H,5-6H2,1-2H3,(H,20,22). The zero-order chi connectivity index (χ0) is 20.2. The van der Waals surface area contributed by atoms with E-state index in [0.717, 1.165) is 18.2 Å². The molecule has 0 radical (unpaired) electrons. The van der Waals surface area contributed by atoms with Crippen LogP contribution in [0.15, 0.2) is 35.4 Å². The van der Waals surface area contributed by atoms with Crippen LogP contribution in [0.4, 0.5) is 14.5 Å². The van der Waals surface area contributed by atoms with E-state index in [0.29, 0.717) is 6.07 Å². The summed E-state index contributed by atoms with van der Waals surface area (Å²) < 4.78 is 58.8. The van der Waals surface area contributed by atoms with E-state index in [9.17, 15) is 26.8 Å². The van der Waals surface area contributed by atoms with Gasteiger partial charge < -0.3 is 14.6 Å². The highest BCUT2D eigenvalue weighted by atomic mass is 32.2. The minimum Gasteiger partial charge on any atom is -0.464 e. The number of halogens is 2. The summed E-state index contributed by atoms with van der Waals surface area (Å²) in [5.41, 5.74) is -0.169. The van der Waals surface area contributed by atoms with Crippen molar-refractivity contribution in [3.05, 3.63) is 47.8 Å². The van der Waals surface area contributed by atoms with Gasteiger partial charge >= 0.3 is 5.97 Å². The van der Waals surface area contributed by atoms with Crippen LogP contribution >= 0.6 is 0 Å². The summed E-state index contributed by atoms with van der Waals surface area (Å²) in [5.74, 6) is -3.08. The summed E-state index contributed by atoms with van der Waals surface area (Å²) >= 11 is 0. The van der Waals surface area contributed by atoms with Crippen LogP contribution in [-0.2, 0) is 26.6 Å². The lowest BCUT2D eigenvalue weighted by molar-refractivity contribution is -0.116. The fraction of sp³-hybridized carbons (Fsp3) is 0.250. The van der Waals surface area contributed by atoms with E-state index in [-0.39, 0.29) is 29.2 Å². The Morgan fingerprint density at radius 3 is 2.56 bits per heavy atom. The molecule has 0 saturated heterocycles. The summed E-state index contributed by atoms with van der Waals surface area (Å²) in [4.78, 5) is 23.2. The number of benzene rings is 1. The smallest absolute Gasteiger partial charge is 0.354 e. The quantitative estimate of drug-likeness (QED) is 0.682. The highest BCUT2D eigenvalue weighted by Crippen LogP contribution is 2.16. The first-order valence-electron chi connectivity index (χ1n) is 7.63. The Morgan fingerprint density at radius 2 is 1.93 bits per heavy atom. The lowest BCUT2D eigenvalue weighted by atomic mass is 10.3. The van der Waals surface area contributed by atoms with Gasteiger partial charge in [-0.2, -0.15) is 0 Å². The van der Waals surface area contributed by atoms with Gasteiger partial charge in [0.1, 0.15) is 22.2 Å². The molecule has 0 aliphatic carbocycles. The maximum Gasteiger partial charge on any atom is 0.354 e. The molecule has 1 aromatic carbocycles. The Kier molecular flexibility index (Phi) is 6.28. The molecule has 0 fully saturated rings. The molecule has 0 bridgehead atoms. The van der Waals surface area contributed by atoms with Gasteiger partial charge in [-0.25, -0.2) is 26.7 Å². The number of amides is 1. The second kappa shape index (κ2) is 8.27. The van der Waals surface area contributed by atoms with Crippen molar-refractivity contribution in [2.75, 3.05) is 19.0 Å². The molecule has 1 heterocycles. The number of esters is 1. The van der Waals surface area contributed by atoms with E-state index in [1.807, 2.05) is 0 Å². The number of aromatic nitrogens is 1. The molecule has 2 rings (SSSR count). The minimum absolute atomic E-state index is 0.0439. The largest absolute Gasteiger partial charge is 0.464 e. The van der Waals surface area contributed by atoms with Crippen molar-refractivity contribution in [2.45, 2.75) is 11.3 Å². The number of carbonyl (C=O) groups is 2. The molecule has 0 unspecified atom stereocenters. The summed E-state index contributed by atoms with van der Waals surface area (Å²) in [5, 5.41) is 2.22. The third kappa shape index (κ3) is 5.11. The van der Waals surface area contributed by atoms with Gasteiger partial charge in [-0.1, -0.05) is 0 Å². The van der Waals surface area contributed by atoms with Crippen LogP contribution in [0.25, 0.3) is 0 Å². The highest BCUT2D eigenvalue weighted by molar-refractivity contribution is 7.89. The Morgan fingerprint density at radius 1 is 1.22 bits per heavy atom. The Labute approximate surface area is 154 Å². The molecule has 2 aromatic rings. The third-order valence-corrected chi connectivity index (χ3v) is 4.96. The molecule has 0 atom stereocenters. The number of methoxy groups -OCH3 is 1. The van der Waals surface area contributed by atoms with E-state index in [2.05, 4.69) is 14.8 Å². The van der Waals surface area contributed by atoms with Crippen LogP contribution in [-0.4, -0.2) is 38.5 Å². The van der Waals surface area contributed by atoms with E-state index < -0.39 is 33.5 Å². The number of nitrogens with one attached hydrogen (secondary N) is 2. The number of rotatable bonds is 7. The molecule has 1 aromatic heterocycles. The Bertz CT molecular complexity index is 972. The summed E-state index contributed by atoms with van der Waals surface area (Å²) in [6.45, 7) is -0.264. The van der Waals surface area contributed by atoms with Gasteiger partial charge in [-0.3, -0.25) is 4.79 Å². The number of sulfonamides is 1. The number of carbonyl (C=O) groups excluding carboxylic acids is 2. The van der Waals surface area contributed by atoms with Crippen LogP contribution in [0.5, 0.6) is 0 Å². The van der Waals surface area contributed by atoms with Crippen molar-refractivity contribution in [1.82, 2.24) is 9.29 Å². The average Bonchev–Trinajstić information content (AvgIpc) is 2.99. The highest BCUT2D eigenvalue weighted by Gasteiger charge is 2.21. The van der Waals surface area contributed by atoms with E-state index >= 15 is 0 Å². The number of anilines is 1. The normalized spacial score (nSPS) is 11.3. The van der Waals surface area contributed by atoms with Crippen molar-refractivity contribution in [3.63, 3.8) is 0 Å². The van der Waals surface area contributed by atoms with Gasteiger partial charge in [0, 0.05) is 32.3 Å². The van der Waals surface area contributed by atoms with Gasteiger partial charge in [0.2, 0.25) is 15.9 Å². The first kappa shape index (κ1) is 20.5.